The van der Waals surface area contributed by atoms with Crippen molar-refractivity contribution in [2.45, 2.75) is 0 Å². The van der Waals surface area contributed by atoms with Crippen molar-refractivity contribution in [2.24, 2.45) is 0 Å². The van der Waals surface area contributed by atoms with Crippen LogP contribution in [-0.2, 0) is 0 Å². The fraction of sp³-hybridized carbons (Fsp3) is 0.167. The van der Waals surface area contributed by atoms with Crippen LogP contribution in [0.3, 0.4) is 0 Å². The number of para-hydroxylation sites is 2. The molecule has 1 N–H and O–H groups in total. The minimum absolute atomic E-state index is 0.521. The summed E-state index contributed by atoms with van der Waals surface area (Å²) in [6, 6.07) is 7.81. The average molecular weight is 189 g/mol. The molecule has 0 heterocycles. The number of hydrogen-bond donors (Lipinski definition) is 1. The number of nitrogens with one attached hydrogen (secondary N) is 1. The van der Waals surface area contributed by atoms with Crippen LogP contribution in [0, 0.1) is 0 Å². The van der Waals surface area contributed by atoms with Gasteiger partial charge < -0.3 is 10.1 Å². The van der Waals surface area contributed by atoms with Crippen molar-refractivity contribution >= 4 is 5.69 Å². The van der Waals surface area contributed by atoms with Gasteiger partial charge in [-0.15, -0.1) is 6.58 Å². The molecule has 2 heteroatoms. The lowest BCUT2D eigenvalue weighted by Gasteiger charge is -2.10. The van der Waals surface area contributed by atoms with Crippen LogP contribution in [-0.4, -0.2) is 13.2 Å². The quantitative estimate of drug-likeness (QED) is 0.695. The van der Waals surface area contributed by atoms with Gasteiger partial charge in [0.2, 0.25) is 0 Å². The van der Waals surface area contributed by atoms with Crippen molar-refractivity contribution in [1.82, 2.24) is 0 Å². The third kappa shape index (κ3) is 2.98. The minimum Gasteiger partial charge on any atom is -0.487 e. The second kappa shape index (κ2) is 5.86. The van der Waals surface area contributed by atoms with Gasteiger partial charge in [-0.3, -0.25) is 0 Å². The predicted octanol–water partition coefficient (Wildman–Crippen LogP) is 2.85. The highest BCUT2D eigenvalue weighted by molar-refractivity contribution is 5.56. The van der Waals surface area contributed by atoms with Gasteiger partial charge in [-0.2, -0.15) is 0 Å². The SMILES string of the molecule is C=CCNc1ccccc1OCC=C. The summed E-state index contributed by atoms with van der Waals surface area (Å²) in [4.78, 5) is 0. The zero-order valence-electron chi connectivity index (χ0n) is 8.20. The zero-order chi connectivity index (χ0) is 10.2. The molecule has 0 bridgehead atoms. The van der Waals surface area contributed by atoms with Gasteiger partial charge in [0, 0.05) is 6.54 Å². The third-order valence-corrected chi connectivity index (χ3v) is 1.68. The lowest BCUT2D eigenvalue weighted by atomic mass is 10.3. The summed E-state index contributed by atoms with van der Waals surface area (Å²) >= 11 is 0. The van der Waals surface area contributed by atoms with E-state index < -0.39 is 0 Å². The molecular formula is C12H15NO. The molecule has 74 valence electrons. The average Bonchev–Trinajstić information content (AvgIpc) is 2.24. The number of benzene rings is 1. The molecule has 0 radical (unpaired) electrons. The molecular weight excluding hydrogens is 174 g/mol. The molecule has 0 spiro atoms. The Morgan fingerprint density at radius 2 is 2.00 bits per heavy atom. The third-order valence-electron chi connectivity index (χ3n) is 1.68. The first-order valence-electron chi connectivity index (χ1n) is 4.56. The number of ether oxygens (including phenoxy) is 1. The summed E-state index contributed by atoms with van der Waals surface area (Å²) in [5.41, 5.74) is 0.981. The van der Waals surface area contributed by atoms with Crippen LogP contribution in [0.25, 0.3) is 0 Å². The molecule has 1 aromatic carbocycles. The van der Waals surface area contributed by atoms with Crippen LogP contribution in [0.15, 0.2) is 49.6 Å². The molecule has 0 saturated carbocycles. The van der Waals surface area contributed by atoms with Gasteiger partial charge in [-0.05, 0) is 12.1 Å². The van der Waals surface area contributed by atoms with Gasteiger partial charge in [0.25, 0.3) is 0 Å². The van der Waals surface area contributed by atoms with E-state index >= 15 is 0 Å². The highest BCUT2D eigenvalue weighted by Gasteiger charge is 1.99. The molecule has 0 atom stereocenters. The highest BCUT2D eigenvalue weighted by Crippen LogP contribution is 2.23. The molecule has 0 aliphatic heterocycles. The van der Waals surface area contributed by atoms with E-state index in [1.165, 1.54) is 0 Å². The van der Waals surface area contributed by atoms with Crippen LogP contribution in [0.5, 0.6) is 5.75 Å². The zero-order valence-corrected chi connectivity index (χ0v) is 8.20. The van der Waals surface area contributed by atoms with Crippen molar-refractivity contribution in [3.63, 3.8) is 0 Å². The van der Waals surface area contributed by atoms with Gasteiger partial charge in [-0.1, -0.05) is 30.9 Å². The van der Waals surface area contributed by atoms with Crippen LogP contribution < -0.4 is 10.1 Å². The second-order valence-electron chi connectivity index (χ2n) is 2.77. The summed E-state index contributed by atoms with van der Waals surface area (Å²) < 4.78 is 5.47. The lowest BCUT2D eigenvalue weighted by molar-refractivity contribution is 0.365. The van der Waals surface area contributed by atoms with Gasteiger partial charge in [0.1, 0.15) is 12.4 Å². The van der Waals surface area contributed by atoms with E-state index in [2.05, 4.69) is 18.5 Å². The first kappa shape index (κ1) is 10.4. The van der Waals surface area contributed by atoms with E-state index in [1.807, 2.05) is 30.3 Å². The maximum absolute atomic E-state index is 5.47. The van der Waals surface area contributed by atoms with Gasteiger partial charge >= 0.3 is 0 Å². The van der Waals surface area contributed by atoms with Crippen molar-refractivity contribution < 1.29 is 4.74 Å². The number of anilines is 1. The van der Waals surface area contributed by atoms with Crippen molar-refractivity contribution in [1.29, 1.82) is 0 Å². The van der Waals surface area contributed by atoms with Crippen molar-refractivity contribution in [2.75, 3.05) is 18.5 Å². The largest absolute Gasteiger partial charge is 0.487 e. The Bertz CT molecular complexity index is 276. The lowest BCUT2D eigenvalue weighted by Crippen LogP contribution is -2.01. The second-order valence-corrected chi connectivity index (χ2v) is 2.77. The fourth-order valence-corrected chi connectivity index (χ4v) is 1.07. The van der Waals surface area contributed by atoms with E-state index in [9.17, 15) is 0 Å². The van der Waals surface area contributed by atoms with E-state index in [0.717, 1.165) is 18.0 Å². The molecule has 0 unspecified atom stereocenters. The summed E-state index contributed by atoms with van der Waals surface area (Å²) in [5, 5.41) is 3.19. The Hall–Kier alpha value is -1.70. The Morgan fingerprint density at radius 1 is 1.21 bits per heavy atom. The molecule has 1 aromatic rings. The number of rotatable bonds is 6. The molecule has 2 nitrogen and oxygen atoms in total. The minimum atomic E-state index is 0.521. The van der Waals surface area contributed by atoms with Gasteiger partial charge in [-0.25, -0.2) is 0 Å². The molecule has 0 aliphatic carbocycles. The normalized spacial score (nSPS) is 9.14. The first-order valence-corrected chi connectivity index (χ1v) is 4.56. The molecule has 1 rings (SSSR count). The summed E-state index contributed by atoms with van der Waals surface area (Å²) in [6.45, 7) is 8.51. The molecule has 0 fully saturated rings. The fourth-order valence-electron chi connectivity index (χ4n) is 1.07. The monoisotopic (exact) mass is 189 g/mol. The molecule has 14 heavy (non-hydrogen) atoms. The highest BCUT2D eigenvalue weighted by atomic mass is 16.5. The summed E-state index contributed by atoms with van der Waals surface area (Å²) in [6.07, 6.45) is 3.54. The maximum atomic E-state index is 5.47. The Morgan fingerprint density at radius 3 is 2.71 bits per heavy atom. The van der Waals surface area contributed by atoms with Crippen LogP contribution in [0.1, 0.15) is 0 Å². The summed E-state index contributed by atoms with van der Waals surface area (Å²) in [5.74, 6) is 0.842. The Kier molecular flexibility index (Phi) is 4.35. The van der Waals surface area contributed by atoms with E-state index in [4.69, 9.17) is 4.74 Å². The first-order chi connectivity index (χ1) is 6.88. The van der Waals surface area contributed by atoms with Crippen molar-refractivity contribution in [3.8, 4) is 5.75 Å². The van der Waals surface area contributed by atoms with E-state index in [0.29, 0.717) is 6.61 Å². The van der Waals surface area contributed by atoms with E-state index in [1.54, 1.807) is 6.08 Å². The van der Waals surface area contributed by atoms with Crippen LogP contribution in [0.2, 0.25) is 0 Å². The Balaban J connectivity index is 2.68. The molecule has 0 aliphatic rings. The predicted molar refractivity (Wildman–Crippen MR) is 60.8 cm³/mol. The standard InChI is InChI=1S/C12H15NO/c1-3-9-13-11-7-5-6-8-12(11)14-10-4-2/h3-8,13H,1-2,9-10H2. The van der Waals surface area contributed by atoms with Crippen LogP contribution in [0.4, 0.5) is 5.69 Å². The van der Waals surface area contributed by atoms with Crippen LogP contribution >= 0.6 is 0 Å². The van der Waals surface area contributed by atoms with Crippen molar-refractivity contribution in [3.05, 3.63) is 49.6 Å². The smallest absolute Gasteiger partial charge is 0.142 e. The Labute approximate surface area is 84.9 Å². The molecule has 0 amide bonds. The molecule has 0 saturated heterocycles. The van der Waals surface area contributed by atoms with Gasteiger partial charge in [0.15, 0.2) is 0 Å². The molecule has 0 aromatic heterocycles. The number of hydrogen-bond acceptors (Lipinski definition) is 2. The maximum Gasteiger partial charge on any atom is 0.142 e. The van der Waals surface area contributed by atoms with E-state index in [-0.39, 0.29) is 0 Å². The summed E-state index contributed by atoms with van der Waals surface area (Å²) in [7, 11) is 0. The topological polar surface area (TPSA) is 21.3 Å². The van der Waals surface area contributed by atoms with Gasteiger partial charge in [0.05, 0.1) is 5.69 Å².